The predicted octanol–water partition coefficient (Wildman–Crippen LogP) is 4.10. The van der Waals surface area contributed by atoms with Gasteiger partial charge in [-0.3, -0.25) is 0 Å². The summed E-state index contributed by atoms with van der Waals surface area (Å²) in [7, 11) is 0. The fraction of sp³-hybridized carbons (Fsp3) is 0.625. The van der Waals surface area contributed by atoms with Crippen molar-refractivity contribution >= 4 is 15.9 Å². The Labute approximate surface area is 125 Å². The highest BCUT2D eigenvalue weighted by Crippen LogP contribution is 2.31. The number of halogens is 1. The molecule has 2 rings (SSSR count). The fourth-order valence-electron chi connectivity index (χ4n) is 2.65. The SMILES string of the molecule is CC(C)NCC(CC1CCCO1)c1ccccc1Br. The molecule has 1 aromatic rings. The fourth-order valence-corrected chi connectivity index (χ4v) is 3.26. The third-order valence-corrected chi connectivity index (χ3v) is 4.41. The summed E-state index contributed by atoms with van der Waals surface area (Å²) < 4.78 is 7.02. The van der Waals surface area contributed by atoms with E-state index >= 15 is 0 Å². The Balaban J connectivity index is 2.06. The molecule has 2 nitrogen and oxygen atoms in total. The highest BCUT2D eigenvalue weighted by molar-refractivity contribution is 9.10. The quantitative estimate of drug-likeness (QED) is 0.850. The normalized spacial score (nSPS) is 20.9. The van der Waals surface area contributed by atoms with Crippen LogP contribution in [0.2, 0.25) is 0 Å². The van der Waals surface area contributed by atoms with Crippen LogP contribution in [0, 0.1) is 0 Å². The number of ether oxygens (including phenoxy) is 1. The van der Waals surface area contributed by atoms with Crippen LogP contribution in [-0.4, -0.2) is 25.3 Å². The summed E-state index contributed by atoms with van der Waals surface area (Å²) in [6.45, 7) is 6.34. The molecule has 0 aromatic heterocycles. The molecule has 19 heavy (non-hydrogen) atoms. The van der Waals surface area contributed by atoms with Crippen LogP contribution >= 0.6 is 15.9 Å². The zero-order valence-electron chi connectivity index (χ0n) is 11.9. The summed E-state index contributed by atoms with van der Waals surface area (Å²) in [4.78, 5) is 0. The van der Waals surface area contributed by atoms with Crippen molar-refractivity contribution in [1.82, 2.24) is 5.32 Å². The first-order valence-electron chi connectivity index (χ1n) is 7.26. The van der Waals surface area contributed by atoms with E-state index in [1.165, 1.54) is 22.9 Å². The van der Waals surface area contributed by atoms with Gasteiger partial charge in [-0.05, 0) is 36.8 Å². The zero-order valence-corrected chi connectivity index (χ0v) is 13.4. The lowest BCUT2D eigenvalue weighted by Gasteiger charge is -2.23. The van der Waals surface area contributed by atoms with Crippen LogP contribution in [0.25, 0.3) is 0 Å². The Morgan fingerprint density at radius 3 is 2.79 bits per heavy atom. The second kappa shape index (κ2) is 7.41. The highest BCUT2D eigenvalue weighted by Gasteiger charge is 2.23. The largest absolute Gasteiger partial charge is 0.378 e. The molecule has 3 heteroatoms. The van der Waals surface area contributed by atoms with E-state index in [2.05, 4.69) is 59.4 Å². The van der Waals surface area contributed by atoms with E-state index in [1.54, 1.807) is 0 Å². The van der Waals surface area contributed by atoms with Gasteiger partial charge in [0.15, 0.2) is 0 Å². The molecular formula is C16H24BrNO. The summed E-state index contributed by atoms with van der Waals surface area (Å²) in [5.41, 5.74) is 1.39. The van der Waals surface area contributed by atoms with Crippen molar-refractivity contribution in [3.63, 3.8) is 0 Å². The molecule has 0 aliphatic carbocycles. The van der Waals surface area contributed by atoms with Crippen LogP contribution in [0.3, 0.4) is 0 Å². The average Bonchev–Trinajstić information content (AvgIpc) is 2.88. The minimum Gasteiger partial charge on any atom is -0.378 e. The van der Waals surface area contributed by atoms with E-state index in [9.17, 15) is 0 Å². The molecular weight excluding hydrogens is 302 g/mol. The maximum absolute atomic E-state index is 5.81. The molecule has 1 saturated heterocycles. The van der Waals surface area contributed by atoms with Gasteiger partial charge in [0.1, 0.15) is 0 Å². The molecule has 1 aliphatic heterocycles. The number of hydrogen-bond acceptors (Lipinski definition) is 2. The monoisotopic (exact) mass is 325 g/mol. The van der Waals surface area contributed by atoms with Crippen molar-refractivity contribution in [3.05, 3.63) is 34.3 Å². The van der Waals surface area contributed by atoms with E-state index in [0.717, 1.165) is 19.6 Å². The number of benzene rings is 1. The van der Waals surface area contributed by atoms with Crippen molar-refractivity contribution in [2.24, 2.45) is 0 Å². The van der Waals surface area contributed by atoms with Crippen LogP contribution in [0.15, 0.2) is 28.7 Å². The third-order valence-electron chi connectivity index (χ3n) is 3.69. The van der Waals surface area contributed by atoms with Gasteiger partial charge in [0.2, 0.25) is 0 Å². The van der Waals surface area contributed by atoms with Gasteiger partial charge in [-0.1, -0.05) is 48.0 Å². The van der Waals surface area contributed by atoms with Gasteiger partial charge in [0.25, 0.3) is 0 Å². The van der Waals surface area contributed by atoms with E-state index in [-0.39, 0.29) is 0 Å². The standard InChI is InChI=1S/C16H24BrNO/c1-12(2)18-11-13(10-14-6-5-9-19-14)15-7-3-4-8-16(15)17/h3-4,7-8,12-14,18H,5-6,9-11H2,1-2H3. The van der Waals surface area contributed by atoms with E-state index in [1.807, 2.05) is 0 Å². The molecule has 0 saturated carbocycles. The average molecular weight is 326 g/mol. The summed E-state index contributed by atoms with van der Waals surface area (Å²) in [6.07, 6.45) is 3.97. The smallest absolute Gasteiger partial charge is 0.0582 e. The molecule has 2 unspecified atom stereocenters. The van der Waals surface area contributed by atoms with Crippen molar-refractivity contribution in [2.75, 3.05) is 13.2 Å². The lowest BCUT2D eigenvalue weighted by molar-refractivity contribution is 0.0974. The third kappa shape index (κ3) is 4.59. The minimum atomic E-state index is 0.436. The van der Waals surface area contributed by atoms with Gasteiger partial charge in [-0.25, -0.2) is 0 Å². The maximum Gasteiger partial charge on any atom is 0.0582 e. The lowest BCUT2D eigenvalue weighted by Crippen LogP contribution is -2.29. The lowest BCUT2D eigenvalue weighted by atomic mass is 9.92. The Morgan fingerprint density at radius 1 is 1.37 bits per heavy atom. The summed E-state index contributed by atoms with van der Waals surface area (Å²) >= 11 is 3.68. The minimum absolute atomic E-state index is 0.436. The Hall–Kier alpha value is -0.380. The van der Waals surface area contributed by atoms with Crippen molar-refractivity contribution in [2.45, 2.75) is 51.2 Å². The highest BCUT2D eigenvalue weighted by atomic mass is 79.9. The zero-order chi connectivity index (χ0) is 13.7. The van der Waals surface area contributed by atoms with Crippen LogP contribution in [0.1, 0.15) is 44.6 Å². The number of nitrogens with one attached hydrogen (secondary N) is 1. The van der Waals surface area contributed by atoms with Crippen LogP contribution in [0.4, 0.5) is 0 Å². The Kier molecular flexibility index (Phi) is 5.86. The second-order valence-corrected chi connectivity index (χ2v) is 6.51. The number of hydrogen-bond donors (Lipinski definition) is 1. The molecule has 1 heterocycles. The van der Waals surface area contributed by atoms with Crippen LogP contribution < -0.4 is 5.32 Å². The van der Waals surface area contributed by atoms with Gasteiger partial charge >= 0.3 is 0 Å². The van der Waals surface area contributed by atoms with Crippen molar-refractivity contribution in [3.8, 4) is 0 Å². The first-order valence-corrected chi connectivity index (χ1v) is 8.05. The molecule has 1 aliphatic rings. The van der Waals surface area contributed by atoms with Crippen LogP contribution in [0.5, 0.6) is 0 Å². The van der Waals surface area contributed by atoms with Crippen molar-refractivity contribution < 1.29 is 4.74 Å². The van der Waals surface area contributed by atoms with Crippen LogP contribution in [-0.2, 0) is 4.74 Å². The van der Waals surface area contributed by atoms with Gasteiger partial charge in [-0.2, -0.15) is 0 Å². The molecule has 0 spiro atoms. The molecule has 1 fully saturated rings. The summed E-state index contributed by atoms with van der Waals surface area (Å²) in [5, 5.41) is 3.57. The maximum atomic E-state index is 5.81. The Morgan fingerprint density at radius 2 is 2.16 bits per heavy atom. The van der Waals surface area contributed by atoms with Gasteiger partial charge in [0.05, 0.1) is 6.10 Å². The van der Waals surface area contributed by atoms with E-state index < -0.39 is 0 Å². The topological polar surface area (TPSA) is 21.3 Å². The van der Waals surface area contributed by atoms with E-state index in [4.69, 9.17) is 4.74 Å². The molecule has 0 amide bonds. The second-order valence-electron chi connectivity index (χ2n) is 5.65. The summed E-state index contributed by atoms with van der Waals surface area (Å²) in [6, 6.07) is 9.08. The molecule has 2 atom stereocenters. The predicted molar refractivity (Wildman–Crippen MR) is 83.6 cm³/mol. The first-order chi connectivity index (χ1) is 9.16. The van der Waals surface area contributed by atoms with Gasteiger partial charge in [-0.15, -0.1) is 0 Å². The van der Waals surface area contributed by atoms with Gasteiger partial charge in [0, 0.05) is 23.7 Å². The molecule has 106 valence electrons. The van der Waals surface area contributed by atoms with Crippen molar-refractivity contribution in [1.29, 1.82) is 0 Å². The molecule has 0 radical (unpaired) electrons. The number of rotatable bonds is 6. The van der Waals surface area contributed by atoms with Gasteiger partial charge < -0.3 is 10.1 Å². The summed E-state index contributed by atoms with van der Waals surface area (Å²) in [5.74, 6) is 0.515. The molecule has 1 N–H and O–H groups in total. The Bertz CT molecular complexity index is 388. The molecule has 1 aromatic carbocycles. The first kappa shape index (κ1) is 15.0. The molecule has 0 bridgehead atoms. The van der Waals surface area contributed by atoms with E-state index in [0.29, 0.717) is 18.1 Å².